The van der Waals surface area contributed by atoms with Crippen molar-refractivity contribution >= 4 is 0 Å². The number of hydrogen-bond acceptors (Lipinski definition) is 2. The Morgan fingerprint density at radius 3 is 2.81 bits per heavy atom. The van der Waals surface area contributed by atoms with Crippen molar-refractivity contribution in [3.63, 3.8) is 0 Å². The zero-order valence-electron chi connectivity index (χ0n) is 9.89. The molecule has 1 aliphatic carbocycles. The van der Waals surface area contributed by atoms with Crippen molar-refractivity contribution in [2.24, 2.45) is 11.7 Å². The molecule has 1 aromatic rings. The Labute approximate surface area is 97.5 Å². The first-order chi connectivity index (χ1) is 7.65. The minimum atomic E-state index is -0.401. The first-order valence-corrected chi connectivity index (χ1v) is 6.14. The minimum absolute atomic E-state index is 0.0620. The summed E-state index contributed by atoms with van der Waals surface area (Å²) in [5.74, 6) is 0.780. The second kappa shape index (κ2) is 4.98. The third-order valence-electron chi connectivity index (χ3n) is 3.32. The quantitative estimate of drug-likeness (QED) is 0.796. The van der Waals surface area contributed by atoms with Crippen molar-refractivity contribution in [1.29, 1.82) is 0 Å². The second-order valence-corrected chi connectivity index (χ2v) is 5.10. The van der Waals surface area contributed by atoms with Gasteiger partial charge in [-0.2, -0.15) is 0 Å². The van der Waals surface area contributed by atoms with Gasteiger partial charge in [0.05, 0.1) is 6.10 Å². The lowest BCUT2D eigenvalue weighted by atomic mass is 9.98. The molecule has 88 valence electrons. The van der Waals surface area contributed by atoms with Gasteiger partial charge in [0.2, 0.25) is 0 Å². The number of aryl methyl sites for hydroxylation is 1. The Balaban J connectivity index is 1.87. The Hall–Kier alpha value is -0.860. The maximum absolute atomic E-state index is 10.0. The van der Waals surface area contributed by atoms with Gasteiger partial charge in [0, 0.05) is 6.04 Å². The van der Waals surface area contributed by atoms with Crippen LogP contribution in [-0.2, 0) is 6.42 Å². The predicted octanol–water partition coefficient (Wildman–Crippen LogP) is 2.03. The standard InChI is InChI=1S/C14H21NO/c1-10-3-2-4-12(7-10)9-14(16)13(15)8-11-5-6-11/h2-4,7,11,13-14,16H,5-6,8-9,15H2,1H3. The van der Waals surface area contributed by atoms with Crippen molar-refractivity contribution in [1.82, 2.24) is 0 Å². The highest BCUT2D eigenvalue weighted by atomic mass is 16.3. The van der Waals surface area contributed by atoms with Gasteiger partial charge in [-0.15, -0.1) is 0 Å². The molecule has 0 spiro atoms. The zero-order chi connectivity index (χ0) is 11.5. The van der Waals surface area contributed by atoms with E-state index in [1.165, 1.54) is 24.0 Å². The van der Waals surface area contributed by atoms with Gasteiger partial charge in [-0.05, 0) is 31.2 Å². The molecule has 1 aromatic carbocycles. The van der Waals surface area contributed by atoms with Crippen LogP contribution in [0.4, 0.5) is 0 Å². The predicted molar refractivity (Wildman–Crippen MR) is 66.2 cm³/mol. The van der Waals surface area contributed by atoms with Gasteiger partial charge < -0.3 is 10.8 Å². The largest absolute Gasteiger partial charge is 0.391 e. The Morgan fingerprint density at radius 1 is 1.44 bits per heavy atom. The normalized spacial score (nSPS) is 19.4. The lowest BCUT2D eigenvalue weighted by Gasteiger charge is -2.18. The topological polar surface area (TPSA) is 46.2 Å². The molecule has 0 amide bonds. The third-order valence-corrected chi connectivity index (χ3v) is 3.32. The summed E-state index contributed by atoms with van der Waals surface area (Å²) >= 11 is 0. The summed E-state index contributed by atoms with van der Waals surface area (Å²) in [6.07, 6.45) is 3.85. The van der Waals surface area contributed by atoms with Crippen LogP contribution < -0.4 is 5.73 Å². The van der Waals surface area contributed by atoms with E-state index in [-0.39, 0.29) is 6.04 Å². The van der Waals surface area contributed by atoms with Gasteiger partial charge in [0.15, 0.2) is 0 Å². The van der Waals surface area contributed by atoms with E-state index in [9.17, 15) is 5.11 Å². The molecule has 1 fully saturated rings. The molecule has 0 saturated heterocycles. The van der Waals surface area contributed by atoms with Gasteiger partial charge in [0.25, 0.3) is 0 Å². The third kappa shape index (κ3) is 3.32. The van der Waals surface area contributed by atoms with Gasteiger partial charge in [0.1, 0.15) is 0 Å². The lowest BCUT2D eigenvalue weighted by molar-refractivity contribution is 0.138. The van der Waals surface area contributed by atoms with Crippen molar-refractivity contribution in [3.8, 4) is 0 Å². The van der Waals surface area contributed by atoms with Crippen LogP contribution in [0.5, 0.6) is 0 Å². The average molecular weight is 219 g/mol. The maximum atomic E-state index is 10.0. The Bertz CT molecular complexity index is 346. The van der Waals surface area contributed by atoms with Crippen molar-refractivity contribution < 1.29 is 5.11 Å². The zero-order valence-corrected chi connectivity index (χ0v) is 9.89. The number of aliphatic hydroxyl groups is 1. The monoisotopic (exact) mass is 219 g/mol. The molecule has 1 saturated carbocycles. The Kier molecular flexibility index (Phi) is 3.62. The summed E-state index contributed by atoms with van der Waals surface area (Å²) in [6, 6.07) is 8.21. The number of rotatable bonds is 5. The lowest BCUT2D eigenvalue weighted by Crippen LogP contribution is -2.36. The molecule has 2 nitrogen and oxygen atoms in total. The van der Waals surface area contributed by atoms with Crippen LogP contribution in [0.3, 0.4) is 0 Å². The van der Waals surface area contributed by atoms with E-state index >= 15 is 0 Å². The van der Waals surface area contributed by atoms with E-state index in [0.717, 1.165) is 12.3 Å². The summed E-state index contributed by atoms with van der Waals surface area (Å²) in [5, 5.41) is 10.0. The summed E-state index contributed by atoms with van der Waals surface area (Å²) in [4.78, 5) is 0. The fraction of sp³-hybridized carbons (Fsp3) is 0.571. The molecule has 0 heterocycles. The average Bonchev–Trinajstić information content (AvgIpc) is 3.01. The van der Waals surface area contributed by atoms with E-state index in [4.69, 9.17) is 5.73 Å². The highest BCUT2D eigenvalue weighted by molar-refractivity contribution is 5.22. The molecule has 3 N–H and O–H groups in total. The first kappa shape index (κ1) is 11.6. The van der Waals surface area contributed by atoms with Gasteiger partial charge in [-0.25, -0.2) is 0 Å². The number of hydrogen-bond donors (Lipinski definition) is 2. The SMILES string of the molecule is Cc1cccc(CC(O)C(N)CC2CC2)c1. The highest BCUT2D eigenvalue weighted by Crippen LogP contribution is 2.33. The number of benzene rings is 1. The summed E-state index contributed by atoms with van der Waals surface area (Å²) < 4.78 is 0. The van der Waals surface area contributed by atoms with Crippen LogP contribution >= 0.6 is 0 Å². The molecular formula is C14H21NO. The molecule has 0 radical (unpaired) electrons. The van der Waals surface area contributed by atoms with Gasteiger partial charge in [-0.1, -0.05) is 42.7 Å². The van der Waals surface area contributed by atoms with Crippen LogP contribution in [-0.4, -0.2) is 17.3 Å². The van der Waals surface area contributed by atoms with E-state index < -0.39 is 6.10 Å². The van der Waals surface area contributed by atoms with Crippen LogP contribution in [0.2, 0.25) is 0 Å². The minimum Gasteiger partial charge on any atom is -0.391 e. The molecule has 2 unspecified atom stereocenters. The van der Waals surface area contributed by atoms with Crippen LogP contribution in [0, 0.1) is 12.8 Å². The summed E-state index contributed by atoms with van der Waals surface area (Å²) in [5.41, 5.74) is 8.41. The molecule has 0 bridgehead atoms. The molecular weight excluding hydrogens is 198 g/mol. The Morgan fingerprint density at radius 2 is 2.19 bits per heavy atom. The number of aliphatic hydroxyl groups excluding tert-OH is 1. The van der Waals surface area contributed by atoms with E-state index in [1.54, 1.807) is 0 Å². The first-order valence-electron chi connectivity index (χ1n) is 6.14. The summed E-state index contributed by atoms with van der Waals surface area (Å²) in [6.45, 7) is 2.07. The van der Waals surface area contributed by atoms with Gasteiger partial charge in [-0.3, -0.25) is 0 Å². The second-order valence-electron chi connectivity index (χ2n) is 5.10. The van der Waals surface area contributed by atoms with Gasteiger partial charge >= 0.3 is 0 Å². The summed E-state index contributed by atoms with van der Waals surface area (Å²) in [7, 11) is 0. The molecule has 1 aliphatic rings. The van der Waals surface area contributed by atoms with Crippen molar-refractivity contribution in [2.75, 3.05) is 0 Å². The molecule has 16 heavy (non-hydrogen) atoms. The van der Waals surface area contributed by atoms with Crippen molar-refractivity contribution in [3.05, 3.63) is 35.4 Å². The molecule has 2 atom stereocenters. The molecule has 0 aliphatic heterocycles. The van der Waals surface area contributed by atoms with E-state index in [2.05, 4.69) is 25.1 Å². The van der Waals surface area contributed by atoms with Crippen LogP contribution in [0.15, 0.2) is 24.3 Å². The molecule has 2 rings (SSSR count). The van der Waals surface area contributed by atoms with Crippen LogP contribution in [0.25, 0.3) is 0 Å². The fourth-order valence-corrected chi connectivity index (χ4v) is 2.13. The fourth-order valence-electron chi connectivity index (χ4n) is 2.13. The highest BCUT2D eigenvalue weighted by Gasteiger charge is 2.27. The van der Waals surface area contributed by atoms with Crippen molar-refractivity contribution in [2.45, 2.75) is 44.8 Å². The van der Waals surface area contributed by atoms with E-state index in [0.29, 0.717) is 6.42 Å². The van der Waals surface area contributed by atoms with Crippen LogP contribution in [0.1, 0.15) is 30.4 Å². The number of nitrogens with two attached hydrogens (primary N) is 1. The maximum Gasteiger partial charge on any atom is 0.0731 e. The van der Waals surface area contributed by atoms with E-state index in [1.807, 2.05) is 6.07 Å². The smallest absolute Gasteiger partial charge is 0.0731 e. The molecule has 2 heteroatoms. The molecule has 0 aromatic heterocycles.